The van der Waals surface area contributed by atoms with Crippen LogP contribution in [-0.4, -0.2) is 22.9 Å². The molecular weight excluding hydrogens is 326 g/mol. The van der Waals surface area contributed by atoms with E-state index < -0.39 is 0 Å². The van der Waals surface area contributed by atoms with E-state index in [0.29, 0.717) is 11.8 Å². The first-order valence-electron chi connectivity index (χ1n) is 7.67. The number of aryl methyl sites for hydroxylation is 2. The number of nitrogens with zero attached hydrogens (tertiary/aromatic N) is 2. The van der Waals surface area contributed by atoms with Crippen molar-refractivity contribution in [3.8, 4) is 0 Å². The molecule has 2 atom stereocenters. The fourth-order valence-electron chi connectivity index (χ4n) is 3.46. The van der Waals surface area contributed by atoms with Gasteiger partial charge < -0.3 is 5.32 Å². The SMILES string of the molecule is CCc1nn(C)cc1C1CCNCC1c1cccc(Br)c1. The molecule has 3 nitrogen and oxygen atoms in total. The topological polar surface area (TPSA) is 29.9 Å². The Hall–Kier alpha value is -1.13. The average Bonchev–Trinajstić information content (AvgIpc) is 2.88. The molecule has 1 fully saturated rings. The summed E-state index contributed by atoms with van der Waals surface area (Å²) in [5, 5.41) is 8.19. The van der Waals surface area contributed by atoms with Crippen LogP contribution >= 0.6 is 15.9 Å². The smallest absolute Gasteiger partial charge is 0.0656 e. The van der Waals surface area contributed by atoms with Crippen molar-refractivity contribution in [2.75, 3.05) is 13.1 Å². The van der Waals surface area contributed by atoms with Gasteiger partial charge in [-0.3, -0.25) is 4.68 Å². The Kier molecular flexibility index (Phi) is 4.45. The van der Waals surface area contributed by atoms with E-state index in [-0.39, 0.29) is 0 Å². The van der Waals surface area contributed by atoms with Gasteiger partial charge in [-0.15, -0.1) is 0 Å². The largest absolute Gasteiger partial charge is 0.316 e. The number of hydrogen-bond acceptors (Lipinski definition) is 2. The first-order valence-corrected chi connectivity index (χ1v) is 8.47. The first-order chi connectivity index (χ1) is 10.2. The fourth-order valence-corrected chi connectivity index (χ4v) is 3.87. The van der Waals surface area contributed by atoms with Gasteiger partial charge in [0, 0.05) is 30.2 Å². The predicted molar refractivity (Wildman–Crippen MR) is 89.7 cm³/mol. The van der Waals surface area contributed by atoms with E-state index in [2.05, 4.69) is 63.7 Å². The number of piperidine rings is 1. The fraction of sp³-hybridized carbons (Fsp3) is 0.471. The van der Waals surface area contributed by atoms with Gasteiger partial charge in [0.15, 0.2) is 0 Å². The molecule has 0 saturated carbocycles. The molecule has 1 aliphatic heterocycles. The molecule has 4 heteroatoms. The van der Waals surface area contributed by atoms with Crippen LogP contribution in [0.2, 0.25) is 0 Å². The minimum Gasteiger partial charge on any atom is -0.316 e. The summed E-state index contributed by atoms with van der Waals surface area (Å²) in [6.07, 6.45) is 4.40. The first kappa shape index (κ1) is 14.8. The molecule has 1 saturated heterocycles. The van der Waals surface area contributed by atoms with Crippen molar-refractivity contribution in [1.29, 1.82) is 0 Å². The third kappa shape index (κ3) is 3.06. The van der Waals surface area contributed by atoms with E-state index >= 15 is 0 Å². The van der Waals surface area contributed by atoms with E-state index in [1.165, 1.54) is 23.2 Å². The van der Waals surface area contributed by atoms with Gasteiger partial charge in [-0.2, -0.15) is 5.10 Å². The molecule has 1 aromatic carbocycles. The molecule has 3 rings (SSSR count). The molecule has 0 spiro atoms. The van der Waals surface area contributed by atoms with Gasteiger partial charge in [0.05, 0.1) is 5.69 Å². The second kappa shape index (κ2) is 6.32. The highest BCUT2D eigenvalue weighted by atomic mass is 79.9. The molecule has 2 aromatic rings. The molecule has 0 radical (unpaired) electrons. The van der Waals surface area contributed by atoms with Crippen molar-refractivity contribution in [2.45, 2.75) is 31.6 Å². The van der Waals surface area contributed by atoms with Crippen LogP contribution < -0.4 is 5.32 Å². The molecule has 0 amide bonds. The maximum atomic E-state index is 4.64. The molecule has 112 valence electrons. The Morgan fingerprint density at radius 2 is 2.24 bits per heavy atom. The van der Waals surface area contributed by atoms with Crippen LogP contribution in [0.1, 0.15) is 42.0 Å². The van der Waals surface area contributed by atoms with Crippen molar-refractivity contribution >= 4 is 15.9 Å². The molecule has 2 heterocycles. The van der Waals surface area contributed by atoms with Crippen LogP contribution in [0.5, 0.6) is 0 Å². The van der Waals surface area contributed by atoms with Gasteiger partial charge in [0.25, 0.3) is 0 Å². The van der Waals surface area contributed by atoms with Gasteiger partial charge in [0.2, 0.25) is 0 Å². The lowest BCUT2D eigenvalue weighted by atomic mass is 9.77. The summed E-state index contributed by atoms with van der Waals surface area (Å²) in [6.45, 7) is 4.33. The molecule has 0 bridgehead atoms. The van der Waals surface area contributed by atoms with E-state index in [0.717, 1.165) is 24.0 Å². The number of rotatable bonds is 3. The number of hydrogen-bond donors (Lipinski definition) is 1. The zero-order valence-corrected chi connectivity index (χ0v) is 14.2. The summed E-state index contributed by atoms with van der Waals surface area (Å²) in [5.41, 5.74) is 4.10. The third-order valence-electron chi connectivity index (χ3n) is 4.43. The second-order valence-corrected chi connectivity index (χ2v) is 6.73. The van der Waals surface area contributed by atoms with E-state index in [1.54, 1.807) is 0 Å². The lowest BCUT2D eigenvalue weighted by molar-refractivity contribution is 0.402. The van der Waals surface area contributed by atoms with Crippen LogP contribution in [0.4, 0.5) is 0 Å². The number of halogens is 1. The van der Waals surface area contributed by atoms with Crippen molar-refractivity contribution in [3.05, 3.63) is 51.8 Å². The lowest BCUT2D eigenvalue weighted by Crippen LogP contribution is -2.34. The molecule has 1 N–H and O–H groups in total. The summed E-state index contributed by atoms with van der Waals surface area (Å²) >= 11 is 3.60. The Balaban J connectivity index is 1.98. The standard InChI is InChI=1S/C17H22BrN3/c1-3-17-16(11-21(2)20-17)14-7-8-19-10-15(14)12-5-4-6-13(18)9-12/h4-6,9,11,14-15,19H,3,7-8,10H2,1-2H3. The van der Waals surface area contributed by atoms with Crippen LogP contribution in [-0.2, 0) is 13.5 Å². The van der Waals surface area contributed by atoms with Crippen molar-refractivity contribution in [2.24, 2.45) is 7.05 Å². The normalized spacial score (nSPS) is 22.4. The summed E-state index contributed by atoms with van der Waals surface area (Å²) in [7, 11) is 2.03. The van der Waals surface area contributed by atoms with E-state index in [4.69, 9.17) is 0 Å². The Labute approximate surface area is 134 Å². The summed E-state index contributed by atoms with van der Waals surface area (Å²) in [5.74, 6) is 1.08. The highest BCUT2D eigenvalue weighted by Crippen LogP contribution is 2.39. The summed E-state index contributed by atoms with van der Waals surface area (Å²) in [6, 6.07) is 8.73. The zero-order valence-electron chi connectivity index (χ0n) is 12.6. The summed E-state index contributed by atoms with van der Waals surface area (Å²) in [4.78, 5) is 0. The quantitative estimate of drug-likeness (QED) is 0.919. The molecule has 1 aliphatic rings. The van der Waals surface area contributed by atoms with Crippen molar-refractivity contribution < 1.29 is 0 Å². The zero-order chi connectivity index (χ0) is 14.8. The highest BCUT2D eigenvalue weighted by Gasteiger charge is 2.30. The third-order valence-corrected chi connectivity index (χ3v) is 4.92. The predicted octanol–water partition coefficient (Wildman–Crippen LogP) is 3.61. The van der Waals surface area contributed by atoms with Gasteiger partial charge >= 0.3 is 0 Å². The van der Waals surface area contributed by atoms with Gasteiger partial charge in [-0.05, 0) is 48.6 Å². The van der Waals surface area contributed by atoms with Crippen LogP contribution in [0.15, 0.2) is 34.9 Å². The monoisotopic (exact) mass is 347 g/mol. The van der Waals surface area contributed by atoms with Crippen LogP contribution in [0, 0.1) is 0 Å². The van der Waals surface area contributed by atoms with Gasteiger partial charge in [-0.25, -0.2) is 0 Å². The van der Waals surface area contributed by atoms with E-state index in [9.17, 15) is 0 Å². The Morgan fingerprint density at radius 3 is 3.00 bits per heavy atom. The lowest BCUT2D eigenvalue weighted by Gasteiger charge is -2.32. The number of aromatic nitrogens is 2. The average molecular weight is 348 g/mol. The summed E-state index contributed by atoms with van der Waals surface area (Å²) < 4.78 is 3.12. The Morgan fingerprint density at radius 1 is 1.38 bits per heavy atom. The molecule has 0 aliphatic carbocycles. The molecule has 2 unspecified atom stereocenters. The second-order valence-electron chi connectivity index (χ2n) is 5.82. The number of nitrogens with one attached hydrogen (secondary N) is 1. The maximum Gasteiger partial charge on any atom is 0.0656 e. The molecule has 1 aromatic heterocycles. The number of benzene rings is 1. The van der Waals surface area contributed by atoms with Crippen LogP contribution in [0.3, 0.4) is 0 Å². The van der Waals surface area contributed by atoms with Crippen LogP contribution in [0.25, 0.3) is 0 Å². The van der Waals surface area contributed by atoms with E-state index in [1.807, 2.05) is 11.7 Å². The minimum atomic E-state index is 0.519. The molecule has 21 heavy (non-hydrogen) atoms. The molecular formula is C17H22BrN3. The van der Waals surface area contributed by atoms with Crippen molar-refractivity contribution in [1.82, 2.24) is 15.1 Å². The minimum absolute atomic E-state index is 0.519. The van der Waals surface area contributed by atoms with Gasteiger partial charge in [-0.1, -0.05) is 35.0 Å². The maximum absolute atomic E-state index is 4.64. The highest BCUT2D eigenvalue weighted by molar-refractivity contribution is 9.10. The van der Waals surface area contributed by atoms with Crippen molar-refractivity contribution in [3.63, 3.8) is 0 Å². The van der Waals surface area contributed by atoms with Gasteiger partial charge in [0.1, 0.15) is 0 Å². The Bertz CT molecular complexity index is 620.